The number of aliphatic hydroxyl groups is 1. The van der Waals surface area contributed by atoms with Crippen LogP contribution in [0.1, 0.15) is 26.7 Å². The maximum atomic E-state index is 12.4. The number of para-hydroxylation sites is 1. The molecule has 1 fully saturated rings. The lowest BCUT2D eigenvalue weighted by molar-refractivity contribution is -0.125. The lowest BCUT2D eigenvalue weighted by Crippen LogP contribution is -2.44. The number of hydrogen-bond acceptors (Lipinski definition) is 3. The second-order valence-electron chi connectivity index (χ2n) is 6.13. The summed E-state index contributed by atoms with van der Waals surface area (Å²) in [7, 11) is 0. The van der Waals surface area contributed by atoms with Crippen LogP contribution in [0.25, 0.3) is 0 Å². The minimum atomic E-state index is -0.479. The summed E-state index contributed by atoms with van der Waals surface area (Å²) < 4.78 is 0. The van der Waals surface area contributed by atoms with Crippen molar-refractivity contribution in [3.8, 4) is 0 Å². The number of benzene rings is 1. The summed E-state index contributed by atoms with van der Waals surface area (Å²) in [6.07, 6.45) is 2.35. The Kier molecular flexibility index (Phi) is 4.78. The predicted octanol–water partition coefficient (Wildman–Crippen LogP) is 2.11. The molecule has 0 saturated heterocycles. The van der Waals surface area contributed by atoms with Gasteiger partial charge in [-0.05, 0) is 38.8 Å². The van der Waals surface area contributed by atoms with E-state index in [4.69, 9.17) is 5.11 Å². The van der Waals surface area contributed by atoms with Crippen molar-refractivity contribution in [2.75, 3.05) is 25.0 Å². The van der Waals surface area contributed by atoms with Gasteiger partial charge in [-0.15, -0.1) is 0 Å². The van der Waals surface area contributed by atoms with E-state index >= 15 is 0 Å². The van der Waals surface area contributed by atoms with Gasteiger partial charge in [0.1, 0.15) is 0 Å². The highest BCUT2D eigenvalue weighted by Gasteiger charge is 2.36. The zero-order valence-corrected chi connectivity index (χ0v) is 12.3. The fourth-order valence-electron chi connectivity index (χ4n) is 2.36. The summed E-state index contributed by atoms with van der Waals surface area (Å²) in [6, 6.07) is 10.1. The molecule has 1 saturated carbocycles. The Morgan fingerprint density at radius 2 is 2.00 bits per heavy atom. The Morgan fingerprint density at radius 1 is 1.35 bits per heavy atom. The van der Waals surface area contributed by atoms with Crippen LogP contribution in [0.2, 0.25) is 0 Å². The highest BCUT2D eigenvalue weighted by molar-refractivity contribution is 5.94. The Hall–Kier alpha value is -1.39. The first-order valence-electron chi connectivity index (χ1n) is 7.24. The second-order valence-corrected chi connectivity index (χ2v) is 6.13. The van der Waals surface area contributed by atoms with Gasteiger partial charge in [0.2, 0.25) is 5.91 Å². The van der Waals surface area contributed by atoms with E-state index in [1.165, 1.54) is 12.8 Å². The quantitative estimate of drug-likeness (QED) is 0.802. The number of carbonyl (C=O) groups excluding carboxylic acids is 1. The largest absolute Gasteiger partial charge is 0.395 e. The van der Waals surface area contributed by atoms with Crippen LogP contribution < -0.4 is 5.32 Å². The van der Waals surface area contributed by atoms with Gasteiger partial charge in [-0.25, -0.2) is 0 Å². The normalized spacial score (nSPS) is 15.4. The highest BCUT2D eigenvalue weighted by atomic mass is 16.3. The monoisotopic (exact) mass is 276 g/mol. The van der Waals surface area contributed by atoms with Crippen molar-refractivity contribution in [2.45, 2.75) is 32.7 Å². The van der Waals surface area contributed by atoms with Crippen LogP contribution in [0.15, 0.2) is 30.3 Å². The van der Waals surface area contributed by atoms with Crippen molar-refractivity contribution >= 4 is 11.6 Å². The van der Waals surface area contributed by atoms with Gasteiger partial charge in [-0.1, -0.05) is 18.2 Å². The Morgan fingerprint density at radius 3 is 2.55 bits per heavy atom. The van der Waals surface area contributed by atoms with Crippen LogP contribution in [0.4, 0.5) is 5.69 Å². The van der Waals surface area contributed by atoms with E-state index in [0.717, 1.165) is 5.69 Å². The van der Waals surface area contributed by atoms with Gasteiger partial charge >= 0.3 is 0 Å². The van der Waals surface area contributed by atoms with E-state index in [9.17, 15) is 4.79 Å². The van der Waals surface area contributed by atoms with Crippen molar-refractivity contribution in [1.82, 2.24) is 4.90 Å². The van der Waals surface area contributed by atoms with Gasteiger partial charge < -0.3 is 10.4 Å². The average molecular weight is 276 g/mol. The first-order chi connectivity index (χ1) is 9.53. The Balaban J connectivity index is 1.95. The maximum Gasteiger partial charge on any atom is 0.231 e. The van der Waals surface area contributed by atoms with Gasteiger partial charge in [-0.2, -0.15) is 0 Å². The zero-order valence-electron chi connectivity index (χ0n) is 12.3. The molecule has 4 heteroatoms. The van der Waals surface area contributed by atoms with Gasteiger partial charge in [0.05, 0.1) is 12.0 Å². The van der Waals surface area contributed by atoms with E-state index in [2.05, 4.69) is 10.2 Å². The van der Waals surface area contributed by atoms with Crippen molar-refractivity contribution in [2.24, 2.45) is 5.41 Å². The van der Waals surface area contributed by atoms with Crippen molar-refractivity contribution in [3.63, 3.8) is 0 Å². The predicted molar refractivity (Wildman–Crippen MR) is 80.5 cm³/mol. The smallest absolute Gasteiger partial charge is 0.231 e. The number of anilines is 1. The topological polar surface area (TPSA) is 52.6 Å². The standard InChI is InChI=1S/C16H24N2O2/c1-16(2,12-18(10-11-19)14-8-9-14)15(20)17-13-6-4-3-5-7-13/h3-7,14,19H,8-12H2,1-2H3,(H,17,20). The van der Waals surface area contributed by atoms with Crippen LogP contribution >= 0.6 is 0 Å². The summed E-state index contributed by atoms with van der Waals surface area (Å²) in [4.78, 5) is 14.6. The molecule has 20 heavy (non-hydrogen) atoms. The third kappa shape index (κ3) is 4.05. The number of hydrogen-bond donors (Lipinski definition) is 2. The molecule has 2 N–H and O–H groups in total. The minimum absolute atomic E-state index is 0.0206. The van der Waals surface area contributed by atoms with E-state index in [1.54, 1.807) is 0 Å². The Bertz CT molecular complexity index is 441. The molecule has 0 heterocycles. The molecule has 1 aromatic rings. The molecule has 0 aliphatic heterocycles. The van der Waals surface area contributed by atoms with E-state index in [-0.39, 0.29) is 12.5 Å². The fourth-order valence-corrected chi connectivity index (χ4v) is 2.36. The van der Waals surface area contributed by atoms with Crippen LogP contribution in [0.3, 0.4) is 0 Å². The third-order valence-electron chi connectivity index (χ3n) is 3.70. The number of amides is 1. The molecule has 2 rings (SSSR count). The van der Waals surface area contributed by atoms with Gasteiger partial charge in [0.15, 0.2) is 0 Å². The second kappa shape index (κ2) is 6.37. The van der Waals surface area contributed by atoms with Crippen LogP contribution in [-0.4, -0.2) is 41.7 Å². The zero-order chi connectivity index (χ0) is 14.6. The Labute approximate surface area is 120 Å². The molecular formula is C16H24N2O2. The minimum Gasteiger partial charge on any atom is -0.395 e. The average Bonchev–Trinajstić information content (AvgIpc) is 3.23. The molecule has 1 aromatic carbocycles. The molecule has 1 amide bonds. The molecule has 0 unspecified atom stereocenters. The fraction of sp³-hybridized carbons (Fsp3) is 0.562. The van der Waals surface area contributed by atoms with Crippen LogP contribution in [0, 0.1) is 5.41 Å². The summed E-state index contributed by atoms with van der Waals surface area (Å²) in [6.45, 7) is 5.38. The van der Waals surface area contributed by atoms with Gasteiger partial charge in [-0.3, -0.25) is 9.69 Å². The van der Waals surface area contributed by atoms with Crippen molar-refractivity contribution in [1.29, 1.82) is 0 Å². The molecule has 4 nitrogen and oxygen atoms in total. The van der Waals surface area contributed by atoms with Crippen molar-refractivity contribution < 1.29 is 9.90 Å². The number of nitrogens with one attached hydrogen (secondary N) is 1. The number of rotatable bonds is 7. The van der Waals surface area contributed by atoms with Crippen LogP contribution in [-0.2, 0) is 4.79 Å². The maximum absolute atomic E-state index is 12.4. The van der Waals surface area contributed by atoms with E-state index in [0.29, 0.717) is 19.1 Å². The van der Waals surface area contributed by atoms with Crippen molar-refractivity contribution in [3.05, 3.63) is 30.3 Å². The number of aliphatic hydroxyl groups excluding tert-OH is 1. The molecule has 110 valence electrons. The first-order valence-corrected chi connectivity index (χ1v) is 7.24. The SMILES string of the molecule is CC(C)(CN(CCO)C1CC1)C(=O)Nc1ccccc1. The van der Waals surface area contributed by atoms with Gasteiger partial charge in [0, 0.05) is 24.8 Å². The van der Waals surface area contributed by atoms with E-state index < -0.39 is 5.41 Å². The molecule has 0 bridgehead atoms. The third-order valence-corrected chi connectivity index (χ3v) is 3.70. The van der Waals surface area contributed by atoms with Gasteiger partial charge in [0.25, 0.3) is 0 Å². The summed E-state index contributed by atoms with van der Waals surface area (Å²) in [5.41, 5.74) is 0.346. The molecule has 1 aliphatic rings. The molecule has 0 spiro atoms. The number of nitrogens with zero attached hydrogens (tertiary/aromatic N) is 1. The lowest BCUT2D eigenvalue weighted by atomic mass is 9.91. The number of carbonyl (C=O) groups is 1. The molecule has 0 radical (unpaired) electrons. The summed E-state index contributed by atoms with van der Waals surface area (Å²) >= 11 is 0. The van der Waals surface area contributed by atoms with E-state index in [1.807, 2.05) is 44.2 Å². The van der Waals surface area contributed by atoms with Crippen LogP contribution in [0.5, 0.6) is 0 Å². The summed E-state index contributed by atoms with van der Waals surface area (Å²) in [5.74, 6) is 0.0206. The summed E-state index contributed by atoms with van der Waals surface area (Å²) in [5, 5.41) is 12.1. The molecule has 1 aliphatic carbocycles. The molecule has 0 aromatic heterocycles. The first kappa shape index (κ1) is 15.0. The lowest BCUT2D eigenvalue weighted by Gasteiger charge is -2.31. The molecular weight excluding hydrogens is 252 g/mol. The highest BCUT2D eigenvalue weighted by Crippen LogP contribution is 2.30. The molecule has 0 atom stereocenters.